The molecule has 0 fully saturated rings. The van der Waals surface area contributed by atoms with Gasteiger partial charge in [0.05, 0.1) is 79.4 Å². The van der Waals surface area contributed by atoms with Gasteiger partial charge in [-0.15, -0.1) is 0 Å². The SMILES string of the molecule is CC(C)c1ccc2c(c1)NC(=O)/C2=C1/C(=O)N(I)c2cc3c(cc21)NC(=O)/C3=C1/C(=O)N(I)c2cc(C(C)C)ccc21. The van der Waals surface area contributed by atoms with E-state index in [4.69, 9.17) is 0 Å². The minimum absolute atomic E-state index is 0.268. The summed E-state index contributed by atoms with van der Waals surface area (Å²) in [4.78, 5) is 53.9. The predicted octanol–water partition coefficient (Wildman–Crippen LogP) is 7.05. The van der Waals surface area contributed by atoms with Gasteiger partial charge >= 0.3 is 0 Å². The van der Waals surface area contributed by atoms with Crippen molar-refractivity contribution in [1.29, 1.82) is 0 Å². The Balaban J connectivity index is 1.42. The second-order valence-corrected chi connectivity index (χ2v) is 13.3. The standard InChI is InChI=1S/C32H24I2N4O4/c1-13(2)15-5-7-17-21(9-15)35-29(39)25(17)28-20-11-22-19(12-24(20)38(34)32(28)42)26(30(40)36-22)27-18-8-6-16(14(3)4)10-23(18)37(33)31(27)41/h5-14H,1-4H3,(H,35,39)(H,36,40)/b27-26+,28-25+. The molecule has 3 aromatic rings. The molecule has 0 saturated carbocycles. The van der Waals surface area contributed by atoms with Crippen molar-refractivity contribution in [2.75, 3.05) is 16.9 Å². The van der Waals surface area contributed by atoms with E-state index in [-0.39, 0.29) is 46.6 Å². The first-order valence-electron chi connectivity index (χ1n) is 13.6. The molecule has 3 aromatic carbocycles. The van der Waals surface area contributed by atoms with Crippen LogP contribution < -0.4 is 16.9 Å². The van der Waals surface area contributed by atoms with Crippen LogP contribution in [0.1, 0.15) is 72.9 Å². The van der Waals surface area contributed by atoms with Gasteiger partial charge in [0.1, 0.15) is 0 Å². The molecule has 10 heteroatoms. The molecule has 0 bridgehead atoms. The largest absolute Gasteiger partial charge is 0.321 e. The van der Waals surface area contributed by atoms with Gasteiger partial charge in [0.15, 0.2) is 0 Å². The Morgan fingerprint density at radius 2 is 1.02 bits per heavy atom. The number of anilines is 4. The zero-order valence-electron chi connectivity index (χ0n) is 23.1. The van der Waals surface area contributed by atoms with E-state index in [1.807, 2.05) is 82.1 Å². The second-order valence-electron chi connectivity index (χ2n) is 11.4. The normalized spacial score (nSPS) is 20.5. The van der Waals surface area contributed by atoms with Gasteiger partial charge in [0.2, 0.25) is 0 Å². The van der Waals surface area contributed by atoms with Crippen molar-refractivity contribution in [1.82, 2.24) is 0 Å². The summed E-state index contributed by atoms with van der Waals surface area (Å²) in [6.45, 7) is 8.35. The summed E-state index contributed by atoms with van der Waals surface area (Å²) in [5.74, 6) is -0.736. The number of nitrogens with zero attached hydrogens (tertiary/aromatic N) is 2. The van der Waals surface area contributed by atoms with Crippen LogP contribution >= 0.6 is 45.7 Å². The third kappa shape index (κ3) is 3.76. The number of hydrogen-bond donors (Lipinski definition) is 2. The van der Waals surface area contributed by atoms with Gasteiger partial charge in [-0.1, -0.05) is 52.0 Å². The lowest BCUT2D eigenvalue weighted by Crippen LogP contribution is -2.16. The van der Waals surface area contributed by atoms with Crippen molar-refractivity contribution in [3.8, 4) is 0 Å². The van der Waals surface area contributed by atoms with Crippen molar-refractivity contribution < 1.29 is 19.2 Å². The van der Waals surface area contributed by atoms with Gasteiger partial charge in [-0.2, -0.15) is 0 Å². The van der Waals surface area contributed by atoms with E-state index in [2.05, 4.69) is 38.3 Å². The minimum atomic E-state index is -0.381. The van der Waals surface area contributed by atoms with Gasteiger partial charge in [0, 0.05) is 33.6 Å². The summed E-state index contributed by atoms with van der Waals surface area (Å²) < 4.78 is 3.02. The molecular weight excluding hydrogens is 758 g/mol. The number of rotatable bonds is 2. The molecule has 0 saturated heterocycles. The number of carbonyl (C=O) groups excluding carboxylic acids is 4. The third-order valence-electron chi connectivity index (χ3n) is 8.27. The van der Waals surface area contributed by atoms with Gasteiger partial charge in [0.25, 0.3) is 23.6 Å². The number of nitrogens with one attached hydrogen (secondary N) is 2. The molecule has 0 atom stereocenters. The summed E-state index contributed by atoms with van der Waals surface area (Å²) in [5, 5.41) is 5.84. The number of fused-ring (bicyclic) bond motifs is 4. The molecule has 0 unspecified atom stereocenters. The van der Waals surface area contributed by atoms with Crippen LogP contribution in [-0.2, 0) is 19.2 Å². The molecule has 0 radical (unpaired) electrons. The highest BCUT2D eigenvalue weighted by molar-refractivity contribution is 14.1. The average molecular weight is 782 g/mol. The van der Waals surface area contributed by atoms with Crippen molar-refractivity contribution in [3.63, 3.8) is 0 Å². The Kier molecular flexibility index (Phi) is 6.18. The minimum Gasteiger partial charge on any atom is -0.321 e. The number of carbonyl (C=O) groups is 4. The van der Waals surface area contributed by atoms with Crippen LogP contribution in [0.3, 0.4) is 0 Å². The van der Waals surface area contributed by atoms with Crippen LogP contribution in [0.25, 0.3) is 22.3 Å². The third-order valence-corrected chi connectivity index (χ3v) is 10.2. The molecule has 42 heavy (non-hydrogen) atoms. The van der Waals surface area contributed by atoms with E-state index in [0.717, 1.165) is 16.8 Å². The average Bonchev–Trinajstić information content (AvgIpc) is 3.60. The van der Waals surface area contributed by atoms with Crippen molar-refractivity contribution in [3.05, 3.63) is 81.9 Å². The van der Waals surface area contributed by atoms with Gasteiger partial charge in [-0.05, 0) is 47.2 Å². The Hall–Kier alpha value is -3.52. The van der Waals surface area contributed by atoms with Crippen LogP contribution in [0.5, 0.6) is 0 Å². The summed E-state index contributed by atoms with van der Waals surface area (Å²) in [5.41, 5.74) is 8.35. The number of amides is 4. The Morgan fingerprint density at radius 3 is 1.62 bits per heavy atom. The van der Waals surface area contributed by atoms with Gasteiger partial charge < -0.3 is 10.6 Å². The molecular formula is C32H24I2N4O4. The van der Waals surface area contributed by atoms with Crippen LogP contribution in [0.15, 0.2) is 48.5 Å². The monoisotopic (exact) mass is 782 g/mol. The molecule has 0 aliphatic carbocycles. The van der Waals surface area contributed by atoms with Gasteiger partial charge in [-0.25, -0.2) is 6.23 Å². The summed E-state index contributed by atoms with van der Waals surface area (Å²) >= 11 is 3.92. The van der Waals surface area contributed by atoms with Crippen molar-refractivity contribution >= 4 is 114 Å². The predicted molar refractivity (Wildman–Crippen MR) is 181 cm³/mol. The number of hydrogen-bond acceptors (Lipinski definition) is 4. The first kappa shape index (κ1) is 27.3. The van der Waals surface area contributed by atoms with Crippen LogP contribution in [-0.4, -0.2) is 23.6 Å². The lowest BCUT2D eigenvalue weighted by molar-refractivity contribution is -0.113. The second kappa shape index (κ2) is 9.49. The Morgan fingerprint density at radius 1 is 0.548 bits per heavy atom. The topological polar surface area (TPSA) is 98.8 Å². The molecule has 8 nitrogen and oxygen atoms in total. The van der Waals surface area contributed by atoms with E-state index >= 15 is 0 Å². The van der Waals surface area contributed by atoms with E-state index in [9.17, 15) is 19.2 Å². The molecule has 4 aliphatic heterocycles. The highest BCUT2D eigenvalue weighted by atomic mass is 127. The smallest absolute Gasteiger partial charge is 0.268 e. The van der Waals surface area contributed by atoms with Crippen LogP contribution in [0.2, 0.25) is 0 Å². The molecule has 0 spiro atoms. The fourth-order valence-electron chi connectivity index (χ4n) is 6.02. The van der Waals surface area contributed by atoms with E-state index in [1.54, 1.807) is 15.2 Å². The van der Waals surface area contributed by atoms with E-state index in [1.165, 1.54) is 3.11 Å². The highest BCUT2D eigenvalue weighted by Gasteiger charge is 2.43. The van der Waals surface area contributed by atoms with Crippen LogP contribution in [0.4, 0.5) is 22.7 Å². The molecule has 4 amide bonds. The molecule has 4 heterocycles. The van der Waals surface area contributed by atoms with Gasteiger partial charge in [-0.3, -0.25) is 19.2 Å². The maximum absolute atomic E-state index is 13.7. The van der Waals surface area contributed by atoms with Crippen molar-refractivity contribution in [2.45, 2.75) is 39.5 Å². The maximum atomic E-state index is 13.7. The summed E-state index contributed by atoms with van der Waals surface area (Å²) in [6, 6.07) is 15.2. The first-order valence-corrected chi connectivity index (χ1v) is 15.5. The number of benzene rings is 3. The number of halogens is 2. The lowest BCUT2D eigenvalue weighted by Gasteiger charge is -2.10. The summed E-state index contributed by atoms with van der Waals surface area (Å²) in [6.07, 6.45) is 0. The Labute approximate surface area is 270 Å². The zero-order valence-corrected chi connectivity index (χ0v) is 27.4. The fraction of sp³-hybridized carbons (Fsp3) is 0.188. The lowest BCUT2D eigenvalue weighted by atomic mass is 9.91. The molecule has 4 aliphatic rings. The van der Waals surface area contributed by atoms with Crippen molar-refractivity contribution in [2.24, 2.45) is 0 Å². The molecule has 0 aromatic heterocycles. The Bertz CT molecular complexity index is 1910. The fourth-order valence-corrected chi connectivity index (χ4v) is 7.31. The quantitative estimate of drug-likeness (QED) is 0.166. The van der Waals surface area contributed by atoms with Crippen LogP contribution in [0, 0.1) is 0 Å². The molecule has 210 valence electrons. The highest BCUT2D eigenvalue weighted by Crippen LogP contribution is 2.52. The zero-order chi connectivity index (χ0) is 29.8. The first-order chi connectivity index (χ1) is 20.0. The summed E-state index contributed by atoms with van der Waals surface area (Å²) in [7, 11) is 0. The van der Waals surface area contributed by atoms with E-state index < -0.39 is 0 Å². The molecule has 2 N–H and O–H groups in total. The maximum Gasteiger partial charge on any atom is 0.268 e. The van der Waals surface area contributed by atoms with E-state index in [0.29, 0.717) is 50.5 Å². The molecule has 7 rings (SSSR count).